The van der Waals surface area contributed by atoms with Gasteiger partial charge in [0.05, 0.1) is 17.2 Å². The Labute approximate surface area is 325 Å². The summed E-state index contributed by atoms with van der Waals surface area (Å²) < 4.78 is 8.72. The Balaban J connectivity index is 1.03. The van der Waals surface area contributed by atoms with Gasteiger partial charge in [-0.1, -0.05) is 140 Å². The van der Waals surface area contributed by atoms with Crippen LogP contribution in [0.15, 0.2) is 185 Å². The zero-order valence-electron chi connectivity index (χ0n) is 30.8. The van der Waals surface area contributed by atoms with Crippen LogP contribution in [0.25, 0.3) is 61.2 Å². The van der Waals surface area contributed by atoms with E-state index in [-0.39, 0.29) is 6.17 Å². The van der Waals surface area contributed by atoms with Crippen LogP contribution < -0.4 is 21.7 Å². The number of aliphatic imine (C=N–C) groups is 1. The van der Waals surface area contributed by atoms with Crippen molar-refractivity contribution < 1.29 is 4.42 Å². The van der Waals surface area contributed by atoms with Gasteiger partial charge in [0.1, 0.15) is 17.2 Å². The highest BCUT2D eigenvalue weighted by Crippen LogP contribution is 2.36. The monoisotopic (exact) mass is 724 g/mol. The number of hydrogen-bond donors (Lipinski definition) is 2. The summed E-state index contributed by atoms with van der Waals surface area (Å²) in [5, 5.41) is 8.43. The topological polar surface area (TPSA) is 68.5 Å². The first-order chi connectivity index (χ1) is 27.7. The molecule has 0 aliphatic heterocycles. The number of benzene rings is 7. The number of hydrogen-bond acceptors (Lipinski definition) is 4. The van der Waals surface area contributed by atoms with Crippen molar-refractivity contribution in [2.75, 3.05) is 0 Å². The van der Waals surface area contributed by atoms with Crippen molar-refractivity contribution in [2.24, 2.45) is 10.7 Å². The normalized spacial score (nSPS) is 14.0. The van der Waals surface area contributed by atoms with E-state index in [0.717, 1.165) is 62.9 Å². The molecule has 2 aromatic heterocycles. The molecule has 9 aromatic rings. The molecule has 0 fully saturated rings. The van der Waals surface area contributed by atoms with Crippen molar-refractivity contribution in [3.05, 3.63) is 209 Å². The number of rotatable bonds is 9. The molecule has 5 heteroatoms. The summed E-state index contributed by atoms with van der Waals surface area (Å²) in [6, 6.07) is 61.8. The van der Waals surface area contributed by atoms with Crippen LogP contribution in [-0.4, -0.2) is 10.8 Å². The molecule has 10 rings (SSSR count). The van der Waals surface area contributed by atoms with Gasteiger partial charge < -0.3 is 14.7 Å². The molecule has 270 valence electrons. The molecule has 5 nitrogen and oxygen atoms in total. The number of nitrogens with one attached hydrogen (secondary N) is 1. The van der Waals surface area contributed by atoms with Gasteiger partial charge in [-0.05, 0) is 94.3 Å². The van der Waals surface area contributed by atoms with Crippen LogP contribution in [0.1, 0.15) is 47.4 Å². The molecule has 0 spiro atoms. The SMILES string of the molecule is NC(NC(N=Cc1ccccc1)c1ccccc1)c1cccc(-c2ccc3c4ccccc4n(-c4cccc(C5=c6c(oc7ccccc67)=CCC5)c4)c3c2)c1. The summed E-state index contributed by atoms with van der Waals surface area (Å²) in [5.74, 6) is 0. The van der Waals surface area contributed by atoms with Crippen LogP contribution in [0, 0.1) is 0 Å². The van der Waals surface area contributed by atoms with E-state index in [9.17, 15) is 0 Å². The van der Waals surface area contributed by atoms with E-state index in [1.807, 2.05) is 60.8 Å². The number of para-hydroxylation sites is 2. The van der Waals surface area contributed by atoms with E-state index < -0.39 is 6.17 Å². The minimum absolute atomic E-state index is 0.318. The largest absolute Gasteiger partial charge is 0.456 e. The predicted octanol–water partition coefficient (Wildman–Crippen LogP) is 10.3. The van der Waals surface area contributed by atoms with Crippen molar-refractivity contribution in [3.63, 3.8) is 0 Å². The quantitative estimate of drug-likeness (QED) is 0.115. The van der Waals surface area contributed by atoms with E-state index in [4.69, 9.17) is 15.1 Å². The molecule has 0 saturated carbocycles. The van der Waals surface area contributed by atoms with Crippen LogP contribution in [0.5, 0.6) is 0 Å². The maximum absolute atomic E-state index is 6.92. The standard InChI is InChI=1S/C51H40N4O/c52-50(54-51(35-16-5-2-6-17-35)53-33-34-14-3-1-4-15-34)39-20-11-18-36(30-39)37-28-29-43-42-22-7-9-25-45(42)55(46(43)32-37)40-21-12-19-38(31-40)41-24-13-27-48-49(41)44-23-8-10-26-47(44)56-48/h1-12,14-23,25-33,50-51,54H,13,24,52H2. The average Bonchev–Trinajstić information content (AvgIpc) is 3.81. The first-order valence-electron chi connectivity index (χ1n) is 19.3. The second-order valence-electron chi connectivity index (χ2n) is 14.5. The molecule has 3 N–H and O–H groups in total. The zero-order chi connectivity index (χ0) is 37.4. The lowest BCUT2D eigenvalue weighted by Crippen LogP contribution is -2.31. The van der Waals surface area contributed by atoms with Gasteiger partial charge in [0.25, 0.3) is 0 Å². The Bertz CT molecular complexity index is 3030. The number of aromatic nitrogens is 1. The van der Waals surface area contributed by atoms with Gasteiger partial charge in [-0.2, -0.15) is 0 Å². The molecular weight excluding hydrogens is 685 g/mol. The zero-order valence-corrected chi connectivity index (χ0v) is 30.8. The summed E-state index contributed by atoms with van der Waals surface area (Å²) in [4.78, 5) is 4.93. The van der Waals surface area contributed by atoms with Gasteiger partial charge in [0.15, 0.2) is 0 Å². The minimum atomic E-state index is -0.450. The van der Waals surface area contributed by atoms with E-state index >= 15 is 0 Å². The van der Waals surface area contributed by atoms with Gasteiger partial charge in [-0.15, -0.1) is 0 Å². The fourth-order valence-corrected chi connectivity index (χ4v) is 8.28. The highest BCUT2D eigenvalue weighted by Gasteiger charge is 2.18. The molecule has 56 heavy (non-hydrogen) atoms. The fourth-order valence-electron chi connectivity index (χ4n) is 8.28. The second-order valence-corrected chi connectivity index (χ2v) is 14.5. The molecule has 1 aliphatic carbocycles. The third kappa shape index (κ3) is 6.23. The number of nitrogens with two attached hydrogens (primary N) is 1. The molecule has 1 aliphatic rings. The number of fused-ring (bicyclic) bond motifs is 6. The third-order valence-corrected chi connectivity index (χ3v) is 11.0. The lowest BCUT2D eigenvalue weighted by Gasteiger charge is -2.21. The summed E-state index contributed by atoms with van der Waals surface area (Å²) in [6.07, 6.45) is 5.29. The van der Waals surface area contributed by atoms with E-state index in [1.54, 1.807) is 0 Å². The van der Waals surface area contributed by atoms with Gasteiger partial charge >= 0.3 is 0 Å². The lowest BCUT2D eigenvalue weighted by atomic mass is 9.94. The Morgan fingerprint density at radius 1 is 0.607 bits per heavy atom. The minimum Gasteiger partial charge on any atom is -0.456 e. The van der Waals surface area contributed by atoms with E-state index in [2.05, 4.69) is 137 Å². The lowest BCUT2D eigenvalue weighted by molar-refractivity contribution is 0.467. The Hall–Kier alpha value is -6.79. The van der Waals surface area contributed by atoms with Crippen LogP contribution >= 0.6 is 0 Å². The first kappa shape index (κ1) is 33.8. The summed E-state index contributed by atoms with van der Waals surface area (Å²) >= 11 is 0. The third-order valence-electron chi connectivity index (χ3n) is 11.0. The van der Waals surface area contributed by atoms with Gasteiger partial charge in [-0.25, -0.2) is 0 Å². The maximum Gasteiger partial charge on any atom is 0.135 e. The Morgan fingerprint density at radius 2 is 1.30 bits per heavy atom. The predicted molar refractivity (Wildman–Crippen MR) is 231 cm³/mol. The van der Waals surface area contributed by atoms with Crippen LogP contribution in [-0.2, 0) is 0 Å². The molecule has 7 aromatic carbocycles. The smallest absolute Gasteiger partial charge is 0.135 e. The molecule has 0 radical (unpaired) electrons. The highest BCUT2D eigenvalue weighted by molar-refractivity contribution is 6.10. The number of furan rings is 1. The maximum atomic E-state index is 6.92. The van der Waals surface area contributed by atoms with E-state index in [0.29, 0.717) is 0 Å². The summed E-state index contributed by atoms with van der Waals surface area (Å²) in [7, 11) is 0. The Kier molecular flexibility index (Phi) is 8.71. The summed E-state index contributed by atoms with van der Waals surface area (Å²) in [5.41, 5.74) is 20.2. The Morgan fingerprint density at radius 3 is 2.18 bits per heavy atom. The van der Waals surface area contributed by atoms with E-state index in [1.165, 1.54) is 38.0 Å². The van der Waals surface area contributed by atoms with Crippen molar-refractivity contribution >= 4 is 50.6 Å². The highest BCUT2D eigenvalue weighted by atomic mass is 16.3. The molecule has 2 heterocycles. The first-order valence-corrected chi connectivity index (χ1v) is 19.3. The van der Waals surface area contributed by atoms with Crippen LogP contribution in [0.4, 0.5) is 0 Å². The van der Waals surface area contributed by atoms with Crippen molar-refractivity contribution in [2.45, 2.75) is 25.2 Å². The average molecular weight is 725 g/mol. The van der Waals surface area contributed by atoms with Crippen molar-refractivity contribution in [1.29, 1.82) is 0 Å². The van der Waals surface area contributed by atoms with Crippen LogP contribution in [0.3, 0.4) is 0 Å². The van der Waals surface area contributed by atoms with Gasteiger partial charge in [0.2, 0.25) is 0 Å². The molecule has 0 saturated heterocycles. The molecule has 2 atom stereocenters. The second kappa shape index (κ2) is 14.5. The van der Waals surface area contributed by atoms with Crippen molar-refractivity contribution in [1.82, 2.24) is 9.88 Å². The van der Waals surface area contributed by atoms with Gasteiger partial charge in [-0.3, -0.25) is 10.3 Å². The van der Waals surface area contributed by atoms with Gasteiger partial charge in [0, 0.05) is 33.3 Å². The molecule has 0 amide bonds. The van der Waals surface area contributed by atoms with Crippen molar-refractivity contribution in [3.8, 4) is 16.8 Å². The molecule has 0 bridgehead atoms. The summed E-state index contributed by atoms with van der Waals surface area (Å²) in [6.45, 7) is 0. The molecular formula is C51H40N4O. The fraction of sp³-hybridized carbons (Fsp3) is 0.0784. The molecule has 2 unspecified atom stereocenters. The van der Waals surface area contributed by atoms with Crippen LogP contribution in [0.2, 0.25) is 0 Å². The number of nitrogens with zero attached hydrogens (tertiary/aromatic N) is 2.